The number of nitrogens with zero attached hydrogens (tertiary/aromatic N) is 1. The van der Waals surface area contributed by atoms with Gasteiger partial charge in [-0.1, -0.05) is 30.3 Å². The lowest BCUT2D eigenvalue weighted by atomic mass is 9.91. The first-order valence-corrected chi connectivity index (χ1v) is 10.6. The molecule has 0 fully saturated rings. The number of carbonyl (C=O) groups excluding carboxylic acids is 1. The van der Waals surface area contributed by atoms with Gasteiger partial charge in [-0.2, -0.15) is 0 Å². The molecule has 6 heteroatoms. The van der Waals surface area contributed by atoms with Crippen molar-refractivity contribution in [1.29, 1.82) is 0 Å². The lowest BCUT2D eigenvalue weighted by molar-refractivity contribution is -0.134. The molecule has 5 nitrogen and oxygen atoms in total. The van der Waals surface area contributed by atoms with Gasteiger partial charge >= 0.3 is 0 Å². The number of ether oxygens (including phenoxy) is 3. The Morgan fingerprint density at radius 1 is 1.00 bits per heavy atom. The molecule has 1 atom stereocenters. The first-order chi connectivity index (χ1) is 15.6. The summed E-state index contributed by atoms with van der Waals surface area (Å²) >= 11 is 0. The summed E-state index contributed by atoms with van der Waals surface area (Å²) in [4.78, 5) is 15.2. The van der Waals surface area contributed by atoms with E-state index in [9.17, 15) is 9.18 Å². The standard InChI is InChI=1S/C26H26FNO4/c1-30-24-15-19-12-13-28(26(29)14-18-6-4-3-5-7-18)23(22(19)16-25(24)31-2)17-32-21-10-8-20(27)9-11-21/h3-11,15-16,23H,12-14,17H2,1-2H3/t23-/m0/s1. The van der Waals surface area contributed by atoms with Gasteiger partial charge in [-0.25, -0.2) is 4.39 Å². The maximum atomic E-state index is 13.3. The lowest BCUT2D eigenvalue weighted by Crippen LogP contribution is -2.43. The van der Waals surface area contributed by atoms with Crippen molar-refractivity contribution in [2.45, 2.75) is 18.9 Å². The van der Waals surface area contributed by atoms with E-state index < -0.39 is 0 Å². The zero-order chi connectivity index (χ0) is 22.5. The highest BCUT2D eigenvalue weighted by atomic mass is 19.1. The Hall–Kier alpha value is -3.54. The fourth-order valence-corrected chi connectivity index (χ4v) is 4.08. The van der Waals surface area contributed by atoms with Gasteiger partial charge < -0.3 is 19.1 Å². The van der Waals surface area contributed by atoms with Crippen LogP contribution in [0.25, 0.3) is 0 Å². The Labute approximate surface area is 187 Å². The van der Waals surface area contributed by atoms with E-state index >= 15 is 0 Å². The molecule has 0 saturated carbocycles. The average Bonchev–Trinajstić information content (AvgIpc) is 2.83. The first-order valence-electron chi connectivity index (χ1n) is 10.6. The molecule has 1 heterocycles. The van der Waals surface area contributed by atoms with Gasteiger partial charge in [0.2, 0.25) is 5.91 Å². The zero-order valence-electron chi connectivity index (χ0n) is 18.2. The van der Waals surface area contributed by atoms with E-state index in [-0.39, 0.29) is 24.4 Å². The molecule has 1 aliphatic heterocycles. The molecule has 1 aliphatic rings. The number of rotatable bonds is 7. The highest BCUT2D eigenvalue weighted by Crippen LogP contribution is 2.38. The summed E-state index contributed by atoms with van der Waals surface area (Å²) in [7, 11) is 3.20. The van der Waals surface area contributed by atoms with Gasteiger partial charge in [0.1, 0.15) is 18.2 Å². The second-order valence-electron chi connectivity index (χ2n) is 7.69. The second-order valence-corrected chi connectivity index (χ2v) is 7.69. The topological polar surface area (TPSA) is 48.0 Å². The van der Waals surface area contributed by atoms with E-state index in [1.807, 2.05) is 47.4 Å². The summed E-state index contributed by atoms with van der Waals surface area (Å²) < 4.78 is 30.2. The van der Waals surface area contributed by atoms with E-state index in [1.54, 1.807) is 26.4 Å². The molecule has 0 radical (unpaired) electrons. The largest absolute Gasteiger partial charge is 0.493 e. The van der Waals surface area contributed by atoms with Crippen molar-refractivity contribution in [1.82, 2.24) is 4.90 Å². The van der Waals surface area contributed by atoms with Gasteiger partial charge in [0, 0.05) is 6.54 Å². The number of methoxy groups -OCH3 is 2. The van der Waals surface area contributed by atoms with Crippen LogP contribution in [0.2, 0.25) is 0 Å². The molecule has 3 aromatic carbocycles. The van der Waals surface area contributed by atoms with Crippen LogP contribution in [-0.2, 0) is 17.6 Å². The highest BCUT2D eigenvalue weighted by molar-refractivity contribution is 5.79. The molecular formula is C26H26FNO4. The number of amides is 1. The molecule has 0 aliphatic carbocycles. The van der Waals surface area contributed by atoms with Gasteiger partial charge in [-0.15, -0.1) is 0 Å². The summed E-state index contributed by atoms with van der Waals surface area (Å²) in [6, 6.07) is 19.2. The zero-order valence-corrected chi connectivity index (χ0v) is 18.2. The molecule has 32 heavy (non-hydrogen) atoms. The third-order valence-corrected chi connectivity index (χ3v) is 5.74. The maximum absolute atomic E-state index is 13.3. The maximum Gasteiger partial charge on any atom is 0.227 e. The van der Waals surface area contributed by atoms with Crippen molar-refractivity contribution < 1.29 is 23.4 Å². The van der Waals surface area contributed by atoms with Crippen LogP contribution in [0.1, 0.15) is 22.7 Å². The molecule has 0 bridgehead atoms. The second kappa shape index (κ2) is 9.73. The Bertz CT molecular complexity index is 1070. The van der Waals surface area contributed by atoms with Crippen molar-refractivity contribution in [3.05, 3.63) is 89.2 Å². The number of benzene rings is 3. The number of hydrogen-bond acceptors (Lipinski definition) is 4. The quantitative estimate of drug-likeness (QED) is 0.545. The Balaban J connectivity index is 1.64. The van der Waals surface area contributed by atoms with E-state index in [1.165, 1.54) is 12.1 Å². The van der Waals surface area contributed by atoms with Crippen molar-refractivity contribution in [3.8, 4) is 17.2 Å². The molecule has 166 valence electrons. The summed E-state index contributed by atoms with van der Waals surface area (Å²) in [5.41, 5.74) is 3.03. The molecular weight excluding hydrogens is 409 g/mol. The molecule has 0 aromatic heterocycles. The number of halogens is 1. The minimum absolute atomic E-state index is 0.0318. The molecule has 0 spiro atoms. The van der Waals surface area contributed by atoms with Gasteiger partial charge in [-0.05, 0) is 59.5 Å². The van der Waals surface area contributed by atoms with Crippen LogP contribution in [0.3, 0.4) is 0 Å². The Morgan fingerprint density at radius 2 is 1.69 bits per heavy atom. The summed E-state index contributed by atoms with van der Waals surface area (Å²) in [6.07, 6.45) is 1.03. The number of hydrogen-bond donors (Lipinski definition) is 0. The molecule has 4 rings (SSSR count). The predicted octanol–water partition coefficient (Wildman–Crippen LogP) is 4.59. The number of fused-ring (bicyclic) bond motifs is 1. The molecule has 1 amide bonds. The van der Waals surface area contributed by atoms with Crippen LogP contribution in [0.4, 0.5) is 4.39 Å². The van der Waals surface area contributed by atoms with Crippen LogP contribution in [0, 0.1) is 5.82 Å². The smallest absolute Gasteiger partial charge is 0.227 e. The van der Waals surface area contributed by atoms with Crippen molar-refractivity contribution in [3.63, 3.8) is 0 Å². The molecule has 0 saturated heterocycles. The third-order valence-electron chi connectivity index (χ3n) is 5.74. The highest BCUT2D eigenvalue weighted by Gasteiger charge is 2.32. The fraction of sp³-hybridized carbons (Fsp3) is 0.269. The summed E-state index contributed by atoms with van der Waals surface area (Å²) in [5.74, 6) is 1.53. The van der Waals surface area contributed by atoms with E-state index in [2.05, 4.69) is 0 Å². The normalized spacial score (nSPS) is 15.1. The first kappa shape index (κ1) is 21.7. The fourth-order valence-electron chi connectivity index (χ4n) is 4.08. The summed E-state index contributed by atoms with van der Waals surface area (Å²) in [6.45, 7) is 0.820. The van der Waals surface area contributed by atoms with Crippen LogP contribution in [-0.4, -0.2) is 38.2 Å². The predicted molar refractivity (Wildman–Crippen MR) is 120 cm³/mol. The third kappa shape index (κ3) is 4.69. The molecule has 0 N–H and O–H groups in total. The van der Waals surface area contributed by atoms with Crippen LogP contribution < -0.4 is 14.2 Å². The average molecular weight is 435 g/mol. The van der Waals surface area contributed by atoms with Gasteiger partial charge in [0.05, 0.1) is 26.7 Å². The van der Waals surface area contributed by atoms with Gasteiger partial charge in [0.25, 0.3) is 0 Å². The molecule has 3 aromatic rings. The van der Waals surface area contributed by atoms with Crippen LogP contribution in [0.5, 0.6) is 17.2 Å². The van der Waals surface area contributed by atoms with E-state index in [0.29, 0.717) is 36.6 Å². The van der Waals surface area contributed by atoms with Crippen LogP contribution in [0.15, 0.2) is 66.7 Å². The minimum Gasteiger partial charge on any atom is -0.493 e. The van der Waals surface area contributed by atoms with Gasteiger partial charge in [0.15, 0.2) is 11.5 Å². The SMILES string of the molecule is COc1cc2c(cc1OC)[C@H](COc1ccc(F)cc1)N(C(=O)Cc1ccccc1)CC2. The van der Waals surface area contributed by atoms with Crippen molar-refractivity contribution >= 4 is 5.91 Å². The van der Waals surface area contributed by atoms with Gasteiger partial charge in [-0.3, -0.25) is 4.79 Å². The van der Waals surface area contributed by atoms with Crippen LogP contribution >= 0.6 is 0 Å². The van der Waals surface area contributed by atoms with Crippen molar-refractivity contribution in [2.75, 3.05) is 27.4 Å². The summed E-state index contributed by atoms with van der Waals surface area (Å²) in [5, 5.41) is 0. The van der Waals surface area contributed by atoms with Crippen molar-refractivity contribution in [2.24, 2.45) is 0 Å². The van der Waals surface area contributed by atoms with E-state index in [4.69, 9.17) is 14.2 Å². The Morgan fingerprint density at radius 3 is 2.38 bits per heavy atom. The minimum atomic E-state index is -0.322. The monoisotopic (exact) mass is 435 g/mol. The lowest BCUT2D eigenvalue weighted by Gasteiger charge is -2.37. The van der Waals surface area contributed by atoms with E-state index in [0.717, 1.165) is 16.7 Å². The Kier molecular flexibility index (Phi) is 6.59. The molecule has 0 unspecified atom stereocenters. The number of carbonyl (C=O) groups is 1.